The van der Waals surface area contributed by atoms with Crippen LogP contribution < -0.4 is 5.73 Å². The molecule has 3 heterocycles. The number of nitrogens with zero attached hydrogens (tertiary/aromatic N) is 2. The molecular formula is C15H19N3OS. The van der Waals surface area contributed by atoms with Crippen LogP contribution in [0, 0.1) is 6.92 Å². The van der Waals surface area contributed by atoms with Crippen LogP contribution in [0.2, 0.25) is 0 Å². The number of amides is 1. The number of carbonyl (C=O) groups is 1. The third kappa shape index (κ3) is 2.06. The molecule has 0 aromatic carbocycles. The Morgan fingerprint density at radius 2 is 2.30 bits per heavy atom. The van der Waals surface area contributed by atoms with Gasteiger partial charge in [-0.05, 0) is 44.7 Å². The number of nitrogens with two attached hydrogens (primary N) is 1. The number of likely N-dealkylation sites (tertiary alicyclic amines) is 1. The van der Waals surface area contributed by atoms with Crippen LogP contribution in [0.4, 0.5) is 5.69 Å². The van der Waals surface area contributed by atoms with E-state index in [4.69, 9.17) is 5.73 Å². The predicted molar refractivity (Wildman–Crippen MR) is 83.1 cm³/mol. The minimum Gasteiger partial charge on any atom is -0.397 e. The van der Waals surface area contributed by atoms with Gasteiger partial charge in [-0.1, -0.05) is 0 Å². The topological polar surface area (TPSA) is 59.2 Å². The number of pyridine rings is 1. The Morgan fingerprint density at radius 1 is 1.50 bits per heavy atom. The van der Waals surface area contributed by atoms with Crippen molar-refractivity contribution in [3.8, 4) is 0 Å². The molecule has 106 valence electrons. The van der Waals surface area contributed by atoms with E-state index in [1.165, 1.54) is 17.8 Å². The molecule has 3 rings (SSSR count). The maximum Gasteiger partial charge on any atom is 0.266 e. The van der Waals surface area contributed by atoms with Gasteiger partial charge in [-0.2, -0.15) is 0 Å². The fourth-order valence-corrected chi connectivity index (χ4v) is 3.99. The molecule has 0 aliphatic carbocycles. The number of thiophene rings is 1. The number of carbonyl (C=O) groups excluding carboxylic acids is 1. The van der Waals surface area contributed by atoms with Gasteiger partial charge in [-0.25, -0.2) is 4.98 Å². The van der Waals surface area contributed by atoms with Crippen LogP contribution in [0.15, 0.2) is 12.3 Å². The first-order valence-electron chi connectivity index (χ1n) is 7.04. The highest BCUT2D eigenvalue weighted by Crippen LogP contribution is 2.35. The van der Waals surface area contributed by atoms with Crippen LogP contribution >= 0.6 is 11.3 Å². The first kappa shape index (κ1) is 13.4. The van der Waals surface area contributed by atoms with Gasteiger partial charge in [0.05, 0.1) is 5.69 Å². The molecule has 1 aliphatic rings. The Kier molecular flexibility index (Phi) is 3.38. The van der Waals surface area contributed by atoms with Crippen molar-refractivity contribution in [2.24, 2.45) is 0 Å². The number of anilines is 1. The average molecular weight is 289 g/mol. The Labute approximate surface area is 122 Å². The summed E-state index contributed by atoms with van der Waals surface area (Å²) in [6.45, 7) is 4.95. The van der Waals surface area contributed by atoms with Crippen LogP contribution in [0.1, 0.15) is 41.4 Å². The van der Waals surface area contributed by atoms with Gasteiger partial charge in [0.2, 0.25) is 0 Å². The summed E-state index contributed by atoms with van der Waals surface area (Å²) in [5.41, 5.74) is 7.89. The Balaban J connectivity index is 2.03. The highest BCUT2D eigenvalue weighted by Gasteiger charge is 2.28. The molecule has 2 aromatic rings. The molecule has 1 unspecified atom stereocenters. The van der Waals surface area contributed by atoms with E-state index in [1.807, 2.05) is 17.9 Å². The van der Waals surface area contributed by atoms with E-state index in [0.717, 1.165) is 35.2 Å². The van der Waals surface area contributed by atoms with Crippen molar-refractivity contribution >= 4 is 33.1 Å². The van der Waals surface area contributed by atoms with Gasteiger partial charge < -0.3 is 10.6 Å². The summed E-state index contributed by atoms with van der Waals surface area (Å²) in [5.74, 6) is 0.0668. The van der Waals surface area contributed by atoms with Crippen LogP contribution in [-0.2, 0) is 0 Å². The number of piperidine rings is 1. The molecule has 20 heavy (non-hydrogen) atoms. The van der Waals surface area contributed by atoms with Gasteiger partial charge in [0, 0.05) is 24.2 Å². The molecule has 1 aliphatic heterocycles. The fraction of sp³-hybridized carbons (Fsp3) is 0.467. The fourth-order valence-electron chi connectivity index (χ4n) is 2.89. The second kappa shape index (κ2) is 5.05. The molecule has 1 saturated heterocycles. The maximum atomic E-state index is 12.7. The van der Waals surface area contributed by atoms with Gasteiger partial charge in [-0.3, -0.25) is 4.79 Å². The lowest BCUT2D eigenvalue weighted by molar-refractivity contribution is 0.0642. The second-order valence-electron chi connectivity index (χ2n) is 5.50. The van der Waals surface area contributed by atoms with Gasteiger partial charge in [-0.15, -0.1) is 11.3 Å². The van der Waals surface area contributed by atoms with Crippen molar-refractivity contribution in [1.82, 2.24) is 9.88 Å². The molecule has 0 spiro atoms. The summed E-state index contributed by atoms with van der Waals surface area (Å²) in [5, 5.41) is 0.936. The molecule has 2 aromatic heterocycles. The third-order valence-corrected chi connectivity index (χ3v) is 5.20. The summed E-state index contributed by atoms with van der Waals surface area (Å²) in [4.78, 5) is 20.5. The lowest BCUT2D eigenvalue weighted by Gasteiger charge is -2.33. The lowest BCUT2D eigenvalue weighted by atomic mass is 10.0. The van der Waals surface area contributed by atoms with E-state index in [0.29, 0.717) is 16.6 Å². The number of nitrogen functional groups attached to an aromatic ring is 1. The van der Waals surface area contributed by atoms with Crippen LogP contribution in [0.5, 0.6) is 0 Å². The molecule has 1 fully saturated rings. The monoisotopic (exact) mass is 289 g/mol. The van der Waals surface area contributed by atoms with E-state index < -0.39 is 0 Å². The summed E-state index contributed by atoms with van der Waals surface area (Å²) in [7, 11) is 0. The number of fused-ring (bicyclic) bond motifs is 1. The molecule has 4 nitrogen and oxygen atoms in total. The summed E-state index contributed by atoms with van der Waals surface area (Å²) in [6, 6.07) is 2.23. The molecule has 0 saturated carbocycles. The predicted octanol–water partition coefficient (Wildman–Crippen LogP) is 3.20. The van der Waals surface area contributed by atoms with Gasteiger partial charge in [0.25, 0.3) is 5.91 Å². The second-order valence-corrected chi connectivity index (χ2v) is 6.50. The minimum atomic E-state index is 0.0668. The van der Waals surface area contributed by atoms with Crippen molar-refractivity contribution in [3.63, 3.8) is 0 Å². The van der Waals surface area contributed by atoms with Gasteiger partial charge in [0.15, 0.2) is 0 Å². The van der Waals surface area contributed by atoms with E-state index in [1.54, 1.807) is 6.20 Å². The zero-order chi connectivity index (χ0) is 14.3. The Bertz CT molecular complexity index is 664. The number of aryl methyl sites for hydroxylation is 1. The molecular weight excluding hydrogens is 270 g/mol. The smallest absolute Gasteiger partial charge is 0.266 e. The number of rotatable bonds is 1. The maximum absolute atomic E-state index is 12.7. The van der Waals surface area contributed by atoms with Crippen molar-refractivity contribution in [3.05, 3.63) is 22.7 Å². The van der Waals surface area contributed by atoms with Gasteiger partial charge >= 0.3 is 0 Å². The average Bonchev–Trinajstić information content (AvgIpc) is 2.77. The number of hydrogen-bond acceptors (Lipinski definition) is 4. The Morgan fingerprint density at radius 3 is 3.00 bits per heavy atom. The molecule has 0 bridgehead atoms. The standard InChI is InChI=1S/C15H19N3OS/c1-9-6-7-17-14-11(9)12(16)13(20-14)15(19)18-8-4-3-5-10(18)2/h6-7,10H,3-5,8,16H2,1-2H3. The van der Waals surface area contributed by atoms with E-state index in [9.17, 15) is 4.79 Å². The summed E-state index contributed by atoms with van der Waals surface area (Å²) < 4.78 is 0. The highest BCUT2D eigenvalue weighted by atomic mass is 32.1. The van der Waals surface area contributed by atoms with Crippen LogP contribution in [0.3, 0.4) is 0 Å². The van der Waals surface area contributed by atoms with Crippen LogP contribution in [-0.4, -0.2) is 28.4 Å². The lowest BCUT2D eigenvalue weighted by Crippen LogP contribution is -2.41. The Hall–Kier alpha value is -1.62. The van der Waals surface area contributed by atoms with Crippen molar-refractivity contribution in [2.45, 2.75) is 39.2 Å². The highest BCUT2D eigenvalue weighted by molar-refractivity contribution is 7.21. The molecule has 2 N–H and O–H groups in total. The van der Waals surface area contributed by atoms with Crippen LogP contribution in [0.25, 0.3) is 10.2 Å². The summed E-state index contributed by atoms with van der Waals surface area (Å²) in [6.07, 6.45) is 5.13. The van der Waals surface area contributed by atoms with Crippen molar-refractivity contribution in [2.75, 3.05) is 12.3 Å². The first-order valence-corrected chi connectivity index (χ1v) is 7.85. The molecule has 1 atom stereocenters. The zero-order valence-corrected chi connectivity index (χ0v) is 12.7. The molecule has 1 amide bonds. The zero-order valence-electron chi connectivity index (χ0n) is 11.8. The minimum absolute atomic E-state index is 0.0668. The van der Waals surface area contributed by atoms with E-state index in [-0.39, 0.29) is 5.91 Å². The number of hydrogen-bond donors (Lipinski definition) is 1. The van der Waals surface area contributed by atoms with Crippen molar-refractivity contribution in [1.29, 1.82) is 0 Å². The van der Waals surface area contributed by atoms with Gasteiger partial charge in [0.1, 0.15) is 9.71 Å². The third-order valence-electron chi connectivity index (χ3n) is 4.10. The molecule has 5 heteroatoms. The van der Waals surface area contributed by atoms with E-state index in [2.05, 4.69) is 11.9 Å². The SMILES string of the molecule is Cc1ccnc2sc(C(=O)N3CCCCC3C)c(N)c12. The summed E-state index contributed by atoms with van der Waals surface area (Å²) >= 11 is 1.41. The quantitative estimate of drug-likeness (QED) is 0.877. The largest absolute Gasteiger partial charge is 0.397 e. The van der Waals surface area contributed by atoms with E-state index >= 15 is 0 Å². The normalized spacial score (nSPS) is 19.5. The van der Waals surface area contributed by atoms with Crippen molar-refractivity contribution < 1.29 is 4.79 Å². The number of aromatic nitrogens is 1. The molecule has 0 radical (unpaired) electrons. The first-order chi connectivity index (χ1) is 9.59.